The van der Waals surface area contributed by atoms with Crippen LogP contribution in [-0.4, -0.2) is 22.4 Å². The van der Waals surface area contributed by atoms with Crippen LogP contribution in [0.1, 0.15) is 19.4 Å². The Morgan fingerprint density at radius 3 is 2.69 bits per heavy atom. The van der Waals surface area contributed by atoms with Crippen molar-refractivity contribution in [2.24, 2.45) is 5.92 Å². The van der Waals surface area contributed by atoms with Gasteiger partial charge >= 0.3 is 0 Å². The van der Waals surface area contributed by atoms with Crippen LogP contribution >= 0.6 is 11.3 Å². The van der Waals surface area contributed by atoms with Crippen LogP contribution in [0.2, 0.25) is 0 Å². The summed E-state index contributed by atoms with van der Waals surface area (Å²) in [5, 5.41) is 4.06. The molecule has 1 aromatic heterocycles. The molecule has 5 heteroatoms. The third kappa shape index (κ3) is 5.02. The van der Waals surface area contributed by atoms with E-state index in [9.17, 15) is 9.00 Å². The Hall–Kier alpha value is -1.98. The van der Waals surface area contributed by atoms with Gasteiger partial charge in [-0.2, -0.15) is 0 Å². The molecule has 1 atom stereocenters. The van der Waals surface area contributed by atoms with Gasteiger partial charge in [0.1, 0.15) is 5.75 Å². The second-order valence-electron chi connectivity index (χ2n) is 6.78. The zero-order valence-corrected chi connectivity index (χ0v) is 16.7. The number of amides is 1. The maximum atomic E-state index is 12.3. The average Bonchev–Trinajstić information content (AvgIpc) is 3.04. The monoisotopic (exact) mass is 385 g/mol. The van der Waals surface area contributed by atoms with Crippen LogP contribution in [0.15, 0.2) is 54.6 Å². The van der Waals surface area contributed by atoms with Crippen molar-refractivity contribution in [3.05, 3.63) is 60.2 Å². The topological polar surface area (TPSA) is 46.2 Å². The molecule has 0 fully saturated rings. The van der Waals surface area contributed by atoms with Gasteiger partial charge in [-0.05, 0) is 40.6 Å². The van der Waals surface area contributed by atoms with Crippen molar-refractivity contribution in [2.75, 3.05) is 12.3 Å². The van der Waals surface area contributed by atoms with Crippen LogP contribution in [0.25, 0.3) is 20.5 Å². The lowest BCUT2D eigenvalue weighted by atomic mass is 10.1. The molecule has 0 saturated heterocycles. The smallest absolute Gasteiger partial charge is 0.232 e. The van der Waals surface area contributed by atoms with E-state index in [0.29, 0.717) is 18.2 Å². The molecule has 0 aliphatic carbocycles. The molecular formula is C21H23NO2S2. The van der Waals surface area contributed by atoms with Gasteiger partial charge in [-0.25, -0.2) is 0 Å². The third-order valence-electron chi connectivity index (χ3n) is 3.96. The molecule has 1 amide bonds. The Labute approximate surface area is 160 Å². The third-order valence-corrected chi connectivity index (χ3v) is 6.37. The molecule has 0 aliphatic rings. The Balaban J connectivity index is 1.67. The quantitative estimate of drug-likeness (QED) is 0.647. The normalized spacial score (nSPS) is 12.4. The predicted octanol–water partition coefficient (Wildman–Crippen LogP) is 4.59. The van der Waals surface area contributed by atoms with E-state index in [-0.39, 0.29) is 11.7 Å². The van der Waals surface area contributed by atoms with E-state index in [1.54, 1.807) is 11.3 Å². The van der Waals surface area contributed by atoms with Crippen molar-refractivity contribution in [3.63, 3.8) is 0 Å². The summed E-state index contributed by atoms with van der Waals surface area (Å²) in [5.41, 5.74) is 2.12. The standard InChI is InChI=1S/C21H23NO2S2/c1-15(2)12-22-21(23)14-26(24)13-16-6-5-8-17(10-16)20-11-18-7-3-4-9-19(18)25-20/h3-11,15H,12-14H2,1-2H3,(H,22,23). The molecule has 1 heterocycles. The summed E-state index contributed by atoms with van der Waals surface area (Å²) >= 11 is 1.76. The average molecular weight is 386 g/mol. The van der Waals surface area contributed by atoms with Gasteiger partial charge in [0.25, 0.3) is 0 Å². The summed E-state index contributed by atoms with van der Waals surface area (Å²) in [6.07, 6.45) is 0. The lowest BCUT2D eigenvalue weighted by molar-refractivity contribution is -0.118. The van der Waals surface area contributed by atoms with Gasteiger partial charge in [-0.3, -0.25) is 9.00 Å². The van der Waals surface area contributed by atoms with Gasteiger partial charge < -0.3 is 5.32 Å². The maximum absolute atomic E-state index is 12.3. The number of fused-ring (bicyclic) bond motifs is 1. The lowest BCUT2D eigenvalue weighted by Gasteiger charge is -2.08. The van der Waals surface area contributed by atoms with Crippen molar-refractivity contribution in [1.29, 1.82) is 0 Å². The minimum absolute atomic E-state index is 0.0554. The number of thiophene rings is 1. The molecule has 0 radical (unpaired) electrons. The maximum Gasteiger partial charge on any atom is 0.232 e. The SMILES string of the molecule is CC(C)CNC(=O)CS(=O)Cc1cccc(-c2cc3ccccc3s2)c1. The summed E-state index contributed by atoms with van der Waals surface area (Å²) in [4.78, 5) is 13.0. The van der Waals surface area contributed by atoms with Gasteiger partial charge in [0.15, 0.2) is 0 Å². The summed E-state index contributed by atoms with van der Waals surface area (Å²) < 4.78 is 13.6. The molecule has 1 unspecified atom stereocenters. The van der Waals surface area contributed by atoms with Gasteiger partial charge in [0.05, 0.1) is 0 Å². The van der Waals surface area contributed by atoms with Gasteiger partial charge in [-0.15, -0.1) is 11.3 Å². The minimum Gasteiger partial charge on any atom is -0.355 e. The molecule has 136 valence electrons. The molecule has 3 aromatic rings. The highest BCUT2D eigenvalue weighted by atomic mass is 32.2. The second kappa shape index (κ2) is 8.60. The Morgan fingerprint density at radius 2 is 1.92 bits per heavy atom. The van der Waals surface area contributed by atoms with Crippen LogP contribution < -0.4 is 5.32 Å². The number of carbonyl (C=O) groups is 1. The largest absolute Gasteiger partial charge is 0.355 e. The van der Waals surface area contributed by atoms with Crippen LogP contribution in [0.4, 0.5) is 0 Å². The molecule has 0 saturated carbocycles. The molecule has 1 N–H and O–H groups in total. The summed E-state index contributed by atoms with van der Waals surface area (Å²) in [6.45, 7) is 4.70. The molecular weight excluding hydrogens is 362 g/mol. The highest BCUT2D eigenvalue weighted by molar-refractivity contribution is 7.84. The Kier molecular flexibility index (Phi) is 6.22. The zero-order chi connectivity index (χ0) is 18.5. The van der Waals surface area contributed by atoms with Crippen molar-refractivity contribution in [3.8, 4) is 10.4 Å². The fourth-order valence-corrected chi connectivity index (χ4v) is 4.80. The molecule has 0 bridgehead atoms. The van der Waals surface area contributed by atoms with Crippen LogP contribution in [-0.2, 0) is 21.3 Å². The van der Waals surface area contributed by atoms with Gasteiger partial charge in [0, 0.05) is 32.7 Å². The van der Waals surface area contributed by atoms with Crippen LogP contribution in [0, 0.1) is 5.92 Å². The van der Waals surface area contributed by atoms with E-state index in [4.69, 9.17) is 0 Å². The first-order chi connectivity index (χ1) is 12.5. The number of hydrogen-bond acceptors (Lipinski definition) is 3. The second-order valence-corrected chi connectivity index (χ2v) is 9.32. The van der Waals surface area contributed by atoms with Crippen LogP contribution in [0.3, 0.4) is 0 Å². The summed E-state index contributed by atoms with van der Waals surface area (Å²) in [6, 6.07) is 18.6. The van der Waals surface area contributed by atoms with Gasteiger partial charge in [-0.1, -0.05) is 50.2 Å². The van der Waals surface area contributed by atoms with Crippen LogP contribution in [0.5, 0.6) is 0 Å². The van der Waals surface area contributed by atoms with E-state index in [0.717, 1.165) is 11.1 Å². The Morgan fingerprint density at radius 1 is 1.12 bits per heavy atom. The number of carbonyl (C=O) groups excluding carboxylic acids is 1. The first kappa shape index (κ1) is 18.8. The Bertz CT molecular complexity index is 897. The summed E-state index contributed by atoms with van der Waals surface area (Å²) in [7, 11) is -1.20. The zero-order valence-electron chi connectivity index (χ0n) is 15.0. The molecule has 3 nitrogen and oxygen atoms in total. The van der Waals surface area contributed by atoms with E-state index >= 15 is 0 Å². The molecule has 0 aliphatic heterocycles. The fourth-order valence-electron chi connectivity index (χ4n) is 2.69. The predicted molar refractivity (Wildman–Crippen MR) is 112 cm³/mol. The van der Waals surface area contributed by atoms with Gasteiger partial charge in [0.2, 0.25) is 5.91 Å². The van der Waals surface area contributed by atoms with E-state index in [1.807, 2.05) is 38.1 Å². The van der Waals surface area contributed by atoms with E-state index in [2.05, 4.69) is 35.6 Å². The van der Waals surface area contributed by atoms with Crippen molar-refractivity contribution in [2.45, 2.75) is 19.6 Å². The van der Waals surface area contributed by atoms with E-state index < -0.39 is 10.8 Å². The summed E-state index contributed by atoms with van der Waals surface area (Å²) in [5.74, 6) is 0.705. The highest BCUT2D eigenvalue weighted by Gasteiger charge is 2.10. The minimum atomic E-state index is -1.20. The van der Waals surface area contributed by atoms with Crippen molar-refractivity contribution < 1.29 is 9.00 Å². The molecule has 2 aromatic carbocycles. The highest BCUT2D eigenvalue weighted by Crippen LogP contribution is 2.33. The fraction of sp³-hybridized carbons (Fsp3) is 0.286. The number of benzene rings is 2. The molecule has 3 rings (SSSR count). The number of rotatable bonds is 7. The lowest BCUT2D eigenvalue weighted by Crippen LogP contribution is -2.31. The van der Waals surface area contributed by atoms with Crippen molar-refractivity contribution in [1.82, 2.24) is 5.32 Å². The first-order valence-corrected chi connectivity index (χ1v) is 11.0. The number of hydrogen-bond donors (Lipinski definition) is 1. The molecule has 26 heavy (non-hydrogen) atoms. The number of nitrogens with one attached hydrogen (secondary N) is 1. The first-order valence-electron chi connectivity index (χ1n) is 8.71. The van der Waals surface area contributed by atoms with Crippen molar-refractivity contribution >= 4 is 38.1 Å². The molecule has 0 spiro atoms. The van der Waals surface area contributed by atoms with E-state index in [1.165, 1.54) is 15.0 Å².